The molecule has 0 spiro atoms. The van der Waals surface area contributed by atoms with Crippen molar-refractivity contribution in [3.63, 3.8) is 0 Å². The summed E-state index contributed by atoms with van der Waals surface area (Å²) in [5.74, 6) is 1.24. The summed E-state index contributed by atoms with van der Waals surface area (Å²) in [6.45, 7) is 7.23. The second kappa shape index (κ2) is 8.65. The lowest BCUT2D eigenvalue weighted by atomic mass is 9.89. The fraction of sp³-hybridized carbons (Fsp3) is 0.684. The van der Waals surface area contributed by atoms with Gasteiger partial charge in [-0.1, -0.05) is 6.92 Å². The molecule has 2 fully saturated rings. The van der Waals surface area contributed by atoms with Gasteiger partial charge in [0, 0.05) is 50.9 Å². The second-order valence-electron chi connectivity index (χ2n) is 7.51. The summed E-state index contributed by atoms with van der Waals surface area (Å²) in [6, 6.07) is 0.943. The van der Waals surface area contributed by atoms with E-state index >= 15 is 0 Å². The van der Waals surface area contributed by atoms with E-state index in [9.17, 15) is 4.79 Å². The monoisotopic (exact) mass is 373 g/mol. The van der Waals surface area contributed by atoms with Crippen molar-refractivity contribution in [3.05, 3.63) is 11.9 Å². The molecule has 1 saturated heterocycles. The van der Waals surface area contributed by atoms with E-state index in [0.29, 0.717) is 41.4 Å². The van der Waals surface area contributed by atoms with Gasteiger partial charge in [-0.05, 0) is 32.1 Å². The lowest BCUT2D eigenvalue weighted by Gasteiger charge is -2.42. The molecule has 0 atom stereocenters. The molecular formula is C19H31N7O. The highest BCUT2D eigenvalue weighted by atomic mass is 16.2. The van der Waals surface area contributed by atoms with Crippen LogP contribution in [0.3, 0.4) is 0 Å². The molecule has 3 rings (SSSR count). The molecule has 0 bridgehead atoms. The summed E-state index contributed by atoms with van der Waals surface area (Å²) in [7, 11) is 0. The van der Waals surface area contributed by atoms with Crippen LogP contribution in [0.5, 0.6) is 0 Å². The summed E-state index contributed by atoms with van der Waals surface area (Å²) >= 11 is 0. The normalized spacial score (nSPS) is 23.9. The summed E-state index contributed by atoms with van der Waals surface area (Å²) < 4.78 is 0. The number of amides is 1. The number of nitrogens with one attached hydrogen (secondary N) is 2. The van der Waals surface area contributed by atoms with Gasteiger partial charge in [0.2, 0.25) is 5.91 Å². The molecule has 1 aliphatic heterocycles. The molecule has 148 valence electrons. The van der Waals surface area contributed by atoms with Crippen LogP contribution in [0, 0.1) is 5.41 Å². The standard InChI is InChI=1S/C19H31N7O/c1-3-16(20)17-18(21)22-12-23-19(17)24-14-4-6-15(7-5-14)26-10-8-25(9-11-26)13(2)27/h12,14-15,20H,3-11H2,1-2H3,(H3,21,22,23,24). The van der Waals surface area contributed by atoms with Gasteiger partial charge in [0.25, 0.3) is 0 Å². The number of piperazine rings is 1. The van der Waals surface area contributed by atoms with Gasteiger partial charge in [0.1, 0.15) is 18.0 Å². The van der Waals surface area contributed by atoms with E-state index in [1.54, 1.807) is 6.92 Å². The summed E-state index contributed by atoms with van der Waals surface area (Å²) in [4.78, 5) is 24.4. The zero-order valence-corrected chi connectivity index (χ0v) is 16.4. The molecule has 27 heavy (non-hydrogen) atoms. The molecule has 1 aliphatic carbocycles. The van der Waals surface area contributed by atoms with E-state index in [4.69, 9.17) is 11.1 Å². The van der Waals surface area contributed by atoms with Crippen LogP contribution in [0.4, 0.5) is 11.6 Å². The van der Waals surface area contributed by atoms with Crippen molar-refractivity contribution in [2.45, 2.75) is 58.0 Å². The Morgan fingerprint density at radius 3 is 2.48 bits per heavy atom. The predicted molar refractivity (Wildman–Crippen MR) is 107 cm³/mol. The SMILES string of the molecule is CCC(=N)c1c(N)ncnc1NC1CCC(N2CCN(C(C)=O)CC2)CC1. The maximum atomic E-state index is 11.5. The molecule has 8 nitrogen and oxygen atoms in total. The first kappa shape index (κ1) is 19.5. The number of nitrogen functional groups attached to an aromatic ring is 1. The minimum atomic E-state index is 0.181. The molecule has 1 amide bonds. The zero-order chi connectivity index (χ0) is 19.4. The Hall–Kier alpha value is -2.22. The number of aromatic nitrogens is 2. The van der Waals surface area contributed by atoms with Gasteiger partial charge in [-0.15, -0.1) is 0 Å². The highest BCUT2D eigenvalue weighted by Gasteiger charge is 2.29. The Bertz CT molecular complexity index is 677. The Kier molecular flexibility index (Phi) is 6.26. The first-order chi connectivity index (χ1) is 13.0. The number of anilines is 2. The van der Waals surface area contributed by atoms with Crippen LogP contribution in [-0.4, -0.2) is 69.6 Å². The van der Waals surface area contributed by atoms with E-state index in [1.807, 2.05) is 11.8 Å². The second-order valence-corrected chi connectivity index (χ2v) is 7.51. The molecule has 1 saturated carbocycles. The molecule has 8 heteroatoms. The summed E-state index contributed by atoms with van der Waals surface area (Å²) in [5, 5.41) is 11.7. The van der Waals surface area contributed by atoms with Crippen molar-refractivity contribution in [1.82, 2.24) is 19.8 Å². The van der Waals surface area contributed by atoms with Crippen LogP contribution >= 0.6 is 0 Å². The number of rotatable bonds is 5. The smallest absolute Gasteiger partial charge is 0.219 e. The molecule has 1 aromatic rings. The largest absolute Gasteiger partial charge is 0.383 e. The fourth-order valence-corrected chi connectivity index (χ4v) is 4.16. The van der Waals surface area contributed by atoms with Gasteiger partial charge in [0.05, 0.1) is 5.56 Å². The van der Waals surface area contributed by atoms with Gasteiger partial charge < -0.3 is 21.4 Å². The third-order valence-electron chi connectivity index (χ3n) is 5.85. The van der Waals surface area contributed by atoms with Crippen molar-refractivity contribution in [2.75, 3.05) is 37.2 Å². The maximum Gasteiger partial charge on any atom is 0.219 e. The van der Waals surface area contributed by atoms with Gasteiger partial charge in [0.15, 0.2) is 0 Å². The highest BCUT2D eigenvalue weighted by Crippen LogP contribution is 2.28. The Morgan fingerprint density at radius 1 is 1.22 bits per heavy atom. The van der Waals surface area contributed by atoms with Crippen LogP contribution < -0.4 is 11.1 Å². The van der Waals surface area contributed by atoms with Crippen molar-refractivity contribution < 1.29 is 4.79 Å². The molecule has 4 N–H and O–H groups in total. The van der Waals surface area contributed by atoms with Crippen LogP contribution in [-0.2, 0) is 4.79 Å². The number of nitrogens with two attached hydrogens (primary N) is 1. The number of carbonyl (C=O) groups is 1. The van der Waals surface area contributed by atoms with E-state index in [1.165, 1.54) is 6.33 Å². The van der Waals surface area contributed by atoms with Crippen molar-refractivity contribution in [3.8, 4) is 0 Å². The minimum Gasteiger partial charge on any atom is -0.383 e. The average Bonchev–Trinajstić information content (AvgIpc) is 2.68. The van der Waals surface area contributed by atoms with E-state index in [2.05, 4.69) is 20.2 Å². The molecule has 2 aliphatic rings. The minimum absolute atomic E-state index is 0.181. The maximum absolute atomic E-state index is 11.5. The van der Waals surface area contributed by atoms with E-state index < -0.39 is 0 Å². The van der Waals surface area contributed by atoms with Gasteiger partial charge in [-0.2, -0.15) is 0 Å². The van der Waals surface area contributed by atoms with Crippen molar-refractivity contribution in [1.29, 1.82) is 5.41 Å². The first-order valence-corrected chi connectivity index (χ1v) is 9.94. The van der Waals surface area contributed by atoms with Crippen LogP contribution in [0.15, 0.2) is 6.33 Å². The van der Waals surface area contributed by atoms with Crippen LogP contribution in [0.2, 0.25) is 0 Å². The molecule has 2 heterocycles. The Balaban J connectivity index is 1.54. The predicted octanol–water partition coefficient (Wildman–Crippen LogP) is 1.72. The van der Waals surface area contributed by atoms with Gasteiger partial charge in [-0.3, -0.25) is 9.69 Å². The Labute approximate surface area is 161 Å². The van der Waals surface area contributed by atoms with E-state index in [-0.39, 0.29) is 5.91 Å². The summed E-state index contributed by atoms with van der Waals surface area (Å²) in [6.07, 6.45) is 6.48. The average molecular weight is 374 g/mol. The van der Waals surface area contributed by atoms with Crippen LogP contribution in [0.1, 0.15) is 51.5 Å². The third-order valence-corrected chi connectivity index (χ3v) is 5.85. The molecule has 1 aromatic heterocycles. The molecule has 0 aromatic carbocycles. The Morgan fingerprint density at radius 2 is 1.89 bits per heavy atom. The number of carbonyl (C=O) groups excluding carboxylic acids is 1. The van der Waals surface area contributed by atoms with Gasteiger partial charge >= 0.3 is 0 Å². The molecule has 0 radical (unpaired) electrons. The first-order valence-electron chi connectivity index (χ1n) is 9.94. The molecule has 0 unspecified atom stereocenters. The number of nitrogens with zero attached hydrogens (tertiary/aromatic N) is 4. The lowest BCUT2D eigenvalue weighted by Crippen LogP contribution is -2.52. The summed E-state index contributed by atoms with van der Waals surface area (Å²) in [5.41, 5.74) is 7.10. The third kappa shape index (κ3) is 4.55. The lowest BCUT2D eigenvalue weighted by molar-refractivity contribution is -0.131. The zero-order valence-electron chi connectivity index (χ0n) is 16.4. The number of hydrogen-bond donors (Lipinski definition) is 3. The quantitative estimate of drug-likeness (QED) is 0.678. The van der Waals surface area contributed by atoms with Crippen LogP contribution in [0.25, 0.3) is 0 Å². The highest BCUT2D eigenvalue weighted by molar-refractivity contribution is 6.05. The van der Waals surface area contributed by atoms with E-state index in [0.717, 1.165) is 51.9 Å². The number of hydrogen-bond acceptors (Lipinski definition) is 7. The topological polar surface area (TPSA) is 111 Å². The molecular weight excluding hydrogens is 342 g/mol. The fourth-order valence-electron chi connectivity index (χ4n) is 4.16. The van der Waals surface area contributed by atoms with Crippen molar-refractivity contribution in [2.24, 2.45) is 0 Å². The van der Waals surface area contributed by atoms with Gasteiger partial charge in [-0.25, -0.2) is 9.97 Å². The van der Waals surface area contributed by atoms with Crippen molar-refractivity contribution >= 4 is 23.3 Å².